The van der Waals surface area contributed by atoms with E-state index in [0.29, 0.717) is 11.3 Å². The molecule has 1 aromatic heterocycles. The first-order valence-electron chi connectivity index (χ1n) is 7.27. The number of nitrogens with one attached hydrogen (secondary N) is 1. The van der Waals surface area contributed by atoms with Crippen LogP contribution in [0.1, 0.15) is 30.5 Å². The van der Waals surface area contributed by atoms with Gasteiger partial charge in [0.1, 0.15) is 0 Å². The van der Waals surface area contributed by atoms with Crippen molar-refractivity contribution in [2.75, 3.05) is 6.54 Å². The zero-order valence-electron chi connectivity index (χ0n) is 11.8. The maximum absolute atomic E-state index is 4.45. The van der Waals surface area contributed by atoms with E-state index < -0.39 is 0 Å². The molecule has 104 valence electrons. The Morgan fingerprint density at radius 2 is 2.05 bits per heavy atom. The molecule has 0 radical (unpaired) electrons. The molecule has 2 aromatic rings. The number of aromatic nitrogens is 1. The molecule has 1 aliphatic carbocycles. The van der Waals surface area contributed by atoms with E-state index in [2.05, 4.69) is 53.6 Å². The summed E-state index contributed by atoms with van der Waals surface area (Å²) in [6, 6.07) is 15.4. The van der Waals surface area contributed by atoms with E-state index in [9.17, 15) is 0 Å². The van der Waals surface area contributed by atoms with Crippen molar-refractivity contribution in [2.45, 2.75) is 36.1 Å². The summed E-state index contributed by atoms with van der Waals surface area (Å²) in [5.41, 5.74) is 2.95. The van der Waals surface area contributed by atoms with Crippen molar-refractivity contribution in [1.29, 1.82) is 0 Å². The van der Waals surface area contributed by atoms with Crippen molar-refractivity contribution in [3.63, 3.8) is 0 Å². The molecule has 1 heterocycles. The van der Waals surface area contributed by atoms with Gasteiger partial charge in [-0.3, -0.25) is 0 Å². The maximum Gasteiger partial charge on any atom is 0.0963 e. The molecule has 0 aliphatic heterocycles. The monoisotopic (exact) mass is 284 g/mol. The molecule has 0 spiro atoms. The minimum atomic E-state index is 0.443. The third-order valence-corrected chi connectivity index (χ3v) is 4.93. The van der Waals surface area contributed by atoms with E-state index >= 15 is 0 Å². The van der Waals surface area contributed by atoms with Crippen LogP contribution < -0.4 is 5.32 Å². The highest BCUT2D eigenvalue weighted by Gasteiger charge is 2.32. The lowest BCUT2D eigenvalue weighted by Gasteiger charge is -2.21. The van der Waals surface area contributed by atoms with Crippen molar-refractivity contribution < 1.29 is 0 Å². The zero-order valence-corrected chi connectivity index (χ0v) is 12.6. The van der Waals surface area contributed by atoms with Gasteiger partial charge in [0.2, 0.25) is 0 Å². The van der Waals surface area contributed by atoms with Crippen LogP contribution in [-0.2, 0) is 6.42 Å². The lowest BCUT2D eigenvalue weighted by Crippen LogP contribution is -2.27. The van der Waals surface area contributed by atoms with E-state index in [1.165, 1.54) is 17.5 Å². The first kappa shape index (κ1) is 13.7. The number of nitrogens with zero attached hydrogens (tertiary/aromatic N) is 1. The number of rotatable bonds is 5. The Bertz CT molecular complexity index is 556. The summed E-state index contributed by atoms with van der Waals surface area (Å²) in [5.74, 6) is 0. The lowest BCUT2D eigenvalue weighted by atomic mass is 10.1. The molecule has 1 aromatic carbocycles. The van der Waals surface area contributed by atoms with Crippen molar-refractivity contribution in [3.05, 3.63) is 59.8 Å². The van der Waals surface area contributed by atoms with Crippen molar-refractivity contribution in [1.82, 2.24) is 10.3 Å². The molecule has 1 N–H and O–H groups in total. The second-order valence-corrected chi connectivity index (χ2v) is 6.42. The van der Waals surface area contributed by atoms with Crippen LogP contribution in [0, 0.1) is 0 Å². The van der Waals surface area contributed by atoms with Crippen LogP contribution in [0.4, 0.5) is 0 Å². The smallest absolute Gasteiger partial charge is 0.0963 e. The normalized spacial score (nSPS) is 20.9. The third-order valence-electron chi connectivity index (χ3n) is 3.71. The van der Waals surface area contributed by atoms with E-state index in [1.54, 1.807) is 0 Å². The van der Waals surface area contributed by atoms with Gasteiger partial charge in [0.05, 0.1) is 5.03 Å². The number of thioether (sulfide) groups is 1. The molecule has 20 heavy (non-hydrogen) atoms. The van der Waals surface area contributed by atoms with Gasteiger partial charge in [0, 0.05) is 17.5 Å². The Morgan fingerprint density at radius 1 is 1.20 bits per heavy atom. The van der Waals surface area contributed by atoms with Crippen LogP contribution >= 0.6 is 11.8 Å². The van der Waals surface area contributed by atoms with E-state index in [0.717, 1.165) is 18.0 Å². The van der Waals surface area contributed by atoms with E-state index in [-0.39, 0.29) is 0 Å². The van der Waals surface area contributed by atoms with Crippen molar-refractivity contribution >= 4 is 11.8 Å². The fourth-order valence-corrected chi connectivity index (χ4v) is 4.01. The molecule has 2 unspecified atom stereocenters. The van der Waals surface area contributed by atoms with Gasteiger partial charge in [-0.05, 0) is 42.6 Å². The summed E-state index contributed by atoms with van der Waals surface area (Å²) >= 11 is 1.89. The number of benzene rings is 1. The number of fused-ring (bicyclic) bond motifs is 1. The van der Waals surface area contributed by atoms with Crippen LogP contribution in [0.2, 0.25) is 0 Å². The summed E-state index contributed by atoms with van der Waals surface area (Å²) in [6.45, 7) is 3.28. The second-order valence-electron chi connectivity index (χ2n) is 5.16. The van der Waals surface area contributed by atoms with Crippen molar-refractivity contribution in [3.8, 4) is 0 Å². The molecule has 0 bridgehead atoms. The van der Waals surface area contributed by atoms with Crippen LogP contribution in [0.3, 0.4) is 0 Å². The molecule has 2 atom stereocenters. The highest BCUT2D eigenvalue weighted by atomic mass is 32.2. The van der Waals surface area contributed by atoms with Gasteiger partial charge in [0.25, 0.3) is 0 Å². The Labute approximate surface area is 125 Å². The van der Waals surface area contributed by atoms with Gasteiger partial charge in [-0.2, -0.15) is 0 Å². The topological polar surface area (TPSA) is 24.9 Å². The number of hydrogen-bond donors (Lipinski definition) is 1. The minimum absolute atomic E-state index is 0.443. The maximum atomic E-state index is 4.45. The molecule has 2 nitrogen and oxygen atoms in total. The quantitative estimate of drug-likeness (QED) is 0.903. The molecule has 0 saturated carbocycles. The molecule has 0 fully saturated rings. The Morgan fingerprint density at radius 3 is 2.85 bits per heavy atom. The lowest BCUT2D eigenvalue weighted by molar-refractivity contribution is 0.538. The Hall–Kier alpha value is -1.32. The first-order chi connectivity index (χ1) is 9.88. The third kappa shape index (κ3) is 2.89. The summed E-state index contributed by atoms with van der Waals surface area (Å²) in [5, 5.41) is 5.36. The van der Waals surface area contributed by atoms with Gasteiger partial charge >= 0.3 is 0 Å². The van der Waals surface area contributed by atoms with Gasteiger partial charge in [-0.1, -0.05) is 37.3 Å². The largest absolute Gasteiger partial charge is 0.309 e. The zero-order chi connectivity index (χ0) is 13.8. The minimum Gasteiger partial charge on any atom is -0.309 e. The van der Waals surface area contributed by atoms with Crippen LogP contribution in [0.5, 0.6) is 0 Å². The summed E-state index contributed by atoms with van der Waals surface area (Å²) in [4.78, 5) is 4.45. The number of hydrogen-bond acceptors (Lipinski definition) is 3. The standard InChI is InChI=1S/C17H20N2S/c1-2-10-19-17-14-8-4-3-7-13(14)12-15(17)20-16-9-5-6-11-18-16/h3-9,11,15,17,19H,2,10,12H2,1H3. The van der Waals surface area contributed by atoms with Crippen LogP contribution in [0.15, 0.2) is 53.7 Å². The molecular weight excluding hydrogens is 264 g/mol. The molecule has 0 amide bonds. The predicted molar refractivity (Wildman–Crippen MR) is 85.1 cm³/mol. The molecule has 3 heteroatoms. The average Bonchev–Trinajstić information content (AvgIpc) is 2.83. The molecule has 3 rings (SSSR count). The summed E-state index contributed by atoms with van der Waals surface area (Å²) in [6.07, 6.45) is 4.16. The molecule has 1 aliphatic rings. The van der Waals surface area contributed by atoms with Gasteiger partial charge in [-0.25, -0.2) is 4.98 Å². The van der Waals surface area contributed by atoms with E-state index in [1.807, 2.05) is 24.0 Å². The van der Waals surface area contributed by atoms with Gasteiger partial charge in [-0.15, -0.1) is 11.8 Å². The highest BCUT2D eigenvalue weighted by molar-refractivity contribution is 7.99. The summed E-state index contributed by atoms with van der Waals surface area (Å²) < 4.78 is 0. The summed E-state index contributed by atoms with van der Waals surface area (Å²) in [7, 11) is 0. The predicted octanol–water partition coefficient (Wildman–Crippen LogP) is 3.84. The fourth-order valence-electron chi connectivity index (χ4n) is 2.78. The van der Waals surface area contributed by atoms with Gasteiger partial charge in [0.15, 0.2) is 0 Å². The Balaban J connectivity index is 1.80. The second kappa shape index (κ2) is 6.42. The van der Waals surface area contributed by atoms with Crippen LogP contribution in [-0.4, -0.2) is 16.8 Å². The van der Waals surface area contributed by atoms with Crippen LogP contribution in [0.25, 0.3) is 0 Å². The average molecular weight is 284 g/mol. The molecular formula is C17H20N2S. The van der Waals surface area contributed by atoms with Crippen molar-refractivity contribution in [2.24, 2.45) is 0 Å². The Kier molecular flexibility index (Phi) is 4.38. The fraction of sp³-hybridized carbons (Fsp3) is 0.353. The first-order valence-corrected chi connectivity index (χ1v) is 8.15. The van der Waals surface area contributed by atoms with E-state index in [4.69, 9.17) is 0 Å². The SMILES string of the molecule is CCCNC1c2ccccc2CC1Sc1ccccn1. The molecule has 0 saturated heterocycles. The highest BCUT2D eigenvalue weighted by Crippen LogP contribution is 2.40. The number of pyridine rings is 1. The van der Waals surface area contributed by atoms with Gasteiger partial charge < -0.3 is 5.32 Å².